The normalized spacial score (nSPS) is 16.1. The Morgan fingerprint density at radius 2 is 1.82 bits per heavy atom. The molecule has 0 atom stereocenters. The van der Waals surface area contributed by atoms with E-state index in [2.05, 4.69) is 0 Å². The van der Waals surface area contributed by atoms with E-state index in [1.807, 2.05) is 32.1 Å². The zero-order chi connectivity index (χ0) is 12.6. The third-order valence-corrected chi connectivity index (χ3v) is 2.89. The lowest BCUT2D eigenvalue weighted by atomic mass is 10.0. The molecule has 2 rings (SSSR count). The van der Waals surface area contributed by atoms with Gasteiger partial charge in [-0.2, -0.15) is 0 Å². The molecule has 0 fully saturated rings. The van der Waals surface area contributed by atoms with E-state index in [1.165, 1.54) is 0 Å². The van der Waals surface area contributed by atoms with Crippen LogP contribution in [0.3, 0.4) is 0 Å². The molecule has 1 aromatic rings. The van der Waals surface area contributed by atoms with Crippen LogP contribution in [0.15, 0.2) is 12.1 Å². The lowest BCUT2D eigenvalue weighted by Gasteiger charge is -2.29. The van der Waals surface area contributed by atoms with Crippen LogP contribution < -0.4 is 14.2 Å². The second-order valence-electron chi connectivity index (χ2n) is 4.38. The Hall–Kier alpha value is -1.35. The van der Waals surface area contributed by atoms with Crippen LogP contribution in [0.25, 0.3) is 6.08 Å². The zero-order valence-corrected chi connectivity index (χ0v) is 11.1. The minimum atomic E-state index is -0.362. The molecule has 1 heterocycles. The predicted molar refractivity (Wildman–Crippen MR) is 68.3 cm³/mol. The van der Waals surface area contributed by atoms with Gasteiger partial charge in [-0.25, -0.2) is 0 Å². The molecule has 0 unspecified atom stereocenters. The first-order valence-electron chi connectivity index (χ1n) is 5.31. The van der Waals surface area contributed by atoms with Crippen molar-refractivity contribution in [1.29, 1.82) is 0 Å². The molecule has 17 heavy (non-hydrogen) atoms. The van der Waals surface area contributed by atoms with Crippen molar-refractivity contribution in [3.8, 4) is 17.2 Å². The van der Waals surface area contributed by atoms with Crippen molar-refractivity contribution in [2.75, 3.05) is 14.2 Å². The molecule has 1 aromatic carbocycles. The summed E-state index contributed by atoms with van der Waals surface area (Å²) in [4.78, 5) is 0. The SMILES string of the molecule is COc1c(Cl)cc2c(c1OC)OC(C)(C)C=C2. The topological polar surface area (TPSA) is 27.7 Å². The number of fused-ring (bicyclic) bond motifs is 1. The fourth-order valence-electron chi connectivity index (χ4n) is 1.80. The van der Waals surface area contributed by atoms with Crippen molar-refractivity contribution in [2.45, 2.75) is 19.4 Å². The number of halogens is 1. The molecule has 0 spiro atoms. The average molecular weight is 255 g/mol. The fraction of sp³-hybridized carbons (Fsp3) is 0.385. The molecular formula is C13H15ClO3. The van der Waals surface area contributed by atoms with Crippen LogP contribution in [0.1, 0.15) is 19.4 Å². The molecule has 0 aliphatic carbocycles. The summed E-state index contributed by atoms with van der Waals surface area (Å²) in [5.74, 6) is 1.70. The summed E-state index contributed by atoms with van der Waals surface area (Å²) < 4.78 is 16.5. The van der Waals surface area contributed by atoms with Crippen molar-refractivity contribution < 1.29 is 14.2 Å². The van der Waals surface area contributed by atoms with Crippen LogP contribution in [0, 0.1) is 0 Å². The molecule has 0 saturated carbocycles. The molecule has 1 aliphatic rings. The van der Waals surface area contributed by atoms with E-state index >= 15 is 0 Å². The van der Waals surface area contributed by atoms with Crippen molar-refractivity contribution >= 4 is 17.7 Å². The van der Waals surface area contributed by atoms with E-state index in [0.717, 1.165) is 5.56 Å². The molecule has 3 nitrogen and oxygen atoms in total. The Bertz CT molecular complexity index is 478. The summed E-state index contributed by atoms with van der Waals surface area (Å²) in [7, 11) is 3.13. The summed E-state index contributed by atoms with van der Waals surface area (Å²) in [6.07, 6.45) is 3.96. The Kier molecular flexibility index (Phi) is 2.96. The maximum atomic E-state index is 6.12. The predicted octanol–water partition coefficient (Wildman–Crippen LogP) is 3.54. The Balaban J connectivity index is 2.65. The van der Waals surface area contributed by atoms with Gasteiger partial charge in [0.25, 0.3) is 0 Å². The van der Waals surface area contributed by atoms with Crippen LogP contribution in [-0.4, -0.2) is 19.8 Å². The van der Waals surface area contributed by atoms with Gasteiger partial charge in [0.1, 0.15) is 5.60 Å². The summed E-state index contributed by atoms with van der Waals surface area (Å²) in [5.41, 5.74) is 0.533. The highest BCUT2D eigenvalue weighted by Gasteiger charge is 2.28. The standard InChI is InChI=1S/C13H15ClO3/c1-13(2)6-5-8-7-9(14)11(15-3)12(16-4)10(8)17-13/h5-7H,1-4H3. The molecular weight excluding hydrogens is 240 g/mol. The lowest BCUT2D eigenvalue weighted by Crippen LogP contribution is -2.27. The van der Waals surface area contributed by atoms with Crippen LogP contribution in [0.5, 0.6) is 17.2 Å². The number of methoxy groups -OCH3 is 2. The van der Waals surface area contributed by atoms with E-state index in [0.29, 0.717) is 22.3 Å². The summed E-state index contributed by atoms with van der Waals surface area (Å²) in [6, 6.07) is 1.81. The largest absolute Gasteiger partial charge is 0.491 e. The minimum absolute atomic E-state index is 0.362. The second-order valence-corrected chi connectivity index (χ2v) is 4.79. The Morgan fingerprint density at radius 1 is 1.18 bits per heavy atom. The maximum Gasteiger partial charge on any atom is 0.205 e. The van der Waals surface area contributed by atoms with Gasteiger partial charge in [0.2, 0.25) is 5.75 Å². The highest BCUT2D eigenvalue weighted by atomic mass is 35.5. The number of benzene rings is 1. The van der Waals surface area contributed by atoms with E-state index in [-0.39, 0.29) is 5.60 Å². The van der Waals surface area contributed by atoms with Crippen molar-refractivity contribution in [1.82, 2.24) is 0 Å². The number of hydrogen-bond donors (Lipinski definition) is 0. The molecule has 0 amide bonds. The molecule has 0 bridgehead atoms. The first-order chi connectivity index (χ1) is 7.98. The van der Waals surface area contributed by atoms with Crippen LogP contribution >= 0.6 is 11.6 Å². The first kappa shape index (κ1) is 12.1. The van der Waals surface area contributed by atoms with Crippen molar-refractivity contribution in [2.24, 2.45) is 0 Å². The maximum absolute atomic E-state index is 6.12. The molecule has 92 valence electrons. The number of ether oxygens (including phenoxy) is 3. The smallest absolute Gasteiger partial charge is 0.205 e. The third-order valence-electron chi connectivity index (χ3n) is 2.61. The van der Waals surface area contributed by atoms with Gasteiger partial charge in [-0.1, -0.05) is 17.7 Å². The van der Waals surface area contributed by atoms with Gasteiger partial charge in [-0.15, -0.1) is 0 Å². The number of rotatable bonds is 2. The Labute approximate surface area is 106 Å². The first-order valence-corrected chi connectivity index (χ1v) is 5.69. The van der Waals surface area contributed by atoms with E-state index in [9.17, 15) is 0 Å². The van der Waals surface area contributed by atoms with Gasteiger partial charge in [0, 0.05) is 5.56 Å². The quantitative estimate of drug-likeness (QED) is 0.808. The van der Waals surface area contributed by atoms with Gasteiger partial charge in [0.05, 0.1) is 19.2 Å². The summed E-state index contributed by atoms with van der Waals surface area (Å²) in [6.45, 7) is 3.96. The fourth-order valence-corrected chi connectivity index (χ4v) is 2.08. The molecule has 0 N–H and O–H groups in total. The summed E-state index contributed by atoms with van der Waals surface area (Å²) >= 11 is 6.12. The zero-order valence-electron chi connectivity index (χ0n) is 10.3. The lowest BCUT2D eigenvalue weighted by molar-refractivity contribution is 0.151. The molecule has 0 aromatic heterocycles. The van der Waals surface area contributed by atoms with Crippen molar-refractivity contribution in [3.63, 3.8) is 0 Å². The van der Waals surface area contributed by atoms with E-state index < -0.39 is 0 Å². The second kappa shape index (κ2) is 4.15. The molecule has 0 saturated heterocycles. The number of hydrogen-bond acceptors (Lipinski definition) is 3. The van der Waals surface area contributed by atoms with Gasteiger partial charge in [-0.05, 0) is 26.0 Å². The Morgan fingerprint density at radius 3 is 2.41 bits per heavy atom. The molecule has 4 heteroatoms. The average Bonchev–Trinajstić information content (AvgIpc) is 2.27. The highest BCUT2D eigenvalue weighted by molar-refractivity contribution is 6.32. The van der Waals surface area contributed by atoms with Gasteiger partial charge >= 0.3 is 0 Å². The van der Waals surface area contributed by atoms with Gasteiger partial charge in [0.15, 0.2) is 11.5 Å². The van der Waals surface area contributed by atoms with Gasteiger partial charge in [-0.3, -0.25) is 0 Å². The van der Waals surface area contributed by atoms with E-state index in [1.54, 1.807) is 14.2 Å². The van der Waals surface area contributed by atoms with Crippen LogP contribution in [-0.2, 0) is 0 Å². The third kappa shape index (κ3) is 2.07. The minimum Gasteiger partial charge on any atom is -0.491 e. The monoisotopic (exact) mass is 254 g/mol. The molecule has 1 aliphatic heterocycles. The van der Waals surface area contributed by atoms with Gasteiger partial charge < -0.3 is 14.2 Å². The van der Waals surface area contributed by atoms with Crippen LogP contribution in [0.4, 0.5) is 0 Å². The highest BCUT2D eigenvalue weighted by Crippen LogP contribution is 2.48. The van der Waals surface area contributed by atoms with Crippen molar-refractivity contribution in [3.05, 3.63) is 22.7 Å². The molecule has 0 radical (unpaired) electrons. The van der Waals surface area contributed by atoms with E-state index in [4.69, 9.17) is 25.8 Å². The summed E-state index contributed by atoms with van der Waals surface area (Å²) in [5, 5.41) is 0.510. The van der Waals surface area contributed by atoms with Crippen LogP contribution in [0.2, 0.25) is 5.02 Å².